The molecule has 0 spiro atoms. The monoisotopic (exact) mass is 259 g/mol. The minimum absolute atomic E-state index is 0.757. The molecule has 1 saturated carbocycles. The van der Waals surface area contributed by atoms with Crippen LogP contribution in [0.2, 0.25) is 0 Å². The molecule has 1 N–H and O–H groups in total. The zero-order chi connectivity index (χ0) is 13.7. The number of benzene rings is 1. The van der Waals surface area contributed by atoms with Crippen molar-refractivity contribution in [2.24, 2.45) is 5.92 Å². The third-order valence-corrected chi connectivity index (χ3v) is 4.88. The summed E-state index contributed by atoms with van der Waals surface area (Å²) in [5.74, 6) is 1.66. The van der Waals surface area contributed by atoms with Gasteiger partial charge in [0.25, 0.3) is 0 Å². The molecule has 1 aliphatic rings. The molecule has 0 amide bonds. The molecule has 0 saturated heterocycles. The van der Waals surface area contributed by atoms with E-state index in [-0.39, 0.29) is 0 Å². The molecular formula is C18H29N. The van der Waals surface area contributed by atoms with Crippen LogP contribution in [0.5, 0.6) is 0 Å². The van der Waals surface area contributed by atoms with Crippen LogP contribution in [0.1, 0.15) is 61.1 Å². The fourth-order valence-electron chi connectivity index (χ4n) is 3.51. The van der Waals surface area contributed by atoms with Crippen LogP contribution in [0, 0.1) is 19.8 Å². The molecule has 1 heteroatoms. The fourth-order valence-corrected chi connectivity index (χ4v) is 3.51. The molecule has 0 aromatic heterocycles. The Kier molecular flexibility index (Phi) is 5.45. The van der Waals surface area contributed by atoms with Crippen LogP contribution >= 0.6 is 0 Å². The average molecular weight is 259 g/mol. The van der Waals surface area contributed by atoms with Crippen molar-refractivity contribution in [1.29, 1.82) is 0 Å². The van der Waals surface area contributed by atoms with Crippen molar-refractivity contribution in [2.45, 2.75) is 58.3 Å². The van der Waals surface area contributed by atoms with E-state index in [0.29, 0.717) is 0 Å². The Hall–Kier alpha value is -0.820. The fraction of sp³-hybridized carbons (Fsp3) is 0.667. The van der Waals surface area contributed by atoms with E-state index in [1.807, 2.05) is 0 Å². The third kappa shape index (κ3) is 3.82. The van der Waals surface area contributed by atoms with Crippen LogP contribution < -0.4 is 5.32 Å². The smallest absolute Gasteiger partial charge is 0.00460 e. The van der Waals surface area contributed by atoms with Crippen LogP contribution in [0.15, 0.2) is 18.2 Å². The summed E-state index contributed by atoms with van der Waals surface area (Å²) >= 11 is 0. The van der Waals surface area contributed by atoms with Gasteiger partial charge in [-0.15, -0.1) is 0 Å². The van der Waals surface area contributed by atoms with E-state index in [2.05, 4.69) is 44.4 Å². The van der Waals surface area contributed by atoms with Gasteiger partial charge in [0.1, 0.15) is 0 Å². The van der Waals surface area contributed by atoms with Crippen LogP contribution in [0.3, 0.4) is 0 Å². The van der Waals surface area contributed by atoms with Gasteiger partial charge in [0.05, 0.1) is 0 Å². The molecule has 1 unspecified atom stereocenters. The summed E-state index contributed by atoms with van der Waals surface area (Å²) in [6.07, 6.45) is 8.46. The largest absolute Gasteiger partial charge is 0.320 e. The molecule has 1 aromatic rings. The highest BCUT2D eigenvalue weighted by Crippen LogP contribution is 2.38. The molecule has 1 aromatic carbocycles. The Labute approximate surface area is 118 Å². The molecule has 1 aliphatic carbocycles. The lowest BCUT2D eigenvalue weighted by Crippen LogP contribution is -2.21. The molecule has 0 bridgehead atoms. The average Bonchev–Trinajstić information content (AvgIpc) is 2.44. The summed E-state index contributed by atoms with van der Waals surface area (Å²) < 4.78 is 0. The van der Waals surface area contributed by atoms with Crippen molar-refractivity contribution in [3.05, 3.63) is 34.9 Å². The quantitative estimate of drug-likeness (QED) is 0.816. The first-order valence-corrected chi connectivity index (χ1v) is 7.94. The Balaban J connectivity index is 2.17. The van der Waals surface area contributed by atoms with E-state index in [9.17, 15) is 0 Å². The van der Waals surface area contributed by atoms with Crippen molar-refractivity contribution >= 4 is 0 Å². The van der Waals surface area contributed by atoms with Crippen molar-refractivity contribution in [3.63, 3.8) is 0 Å². The molecular weight excluding hydrogens is 230 g/mol. The molecule has 0 heterocycles. The Morgan fingerprint density at radius 3 is 2.47 bits per heavy atom. The lowest BCUT2D eigenvalue weighted by atomic mass is 9.75. The van der Waals surface area contributed by atoms with Gasteiger partial charge in [-0.2, -0.15) is 0 Å². The first-order valence-electron chi connectivity index (χ1n) is 7.94. The van der Waals surface area contributed by atoms with E-state index < -0.39 is 0 Å². The first kappa shape index (κ1) is 14.6. The molecule has 2 rings (SSSR count). The van der Waals surface area contributed by atoms with E-state index in [1.165, 1.54) is 49.7 Å². The zero-order valence-electron chi connectivity index (χ0n) is 12.8. The standard InChI is InChI=1S/C18H29N/c1-14-9-10-17(13-15(14)2)18(11-12-19-3)16-7-5-4-6-8-16/h9-10,13,16,18-19H,4-8,11-12H2,1-3H3. The van der Waals surface area contributed by atoms with Gasteiger partial charge >= 0.3 is 0 Å². The molecule has 1 nitrogen and oxygen atoms in total. The highest BCUT2D eigenvalue weighted by molar-refractivity contribution is 5.32. The highest BCUT2D eigenvalue weighted by atomic mass is 14.8. The van der Waals surface area contributed by atoms with Gasteiger partial charge in [-0.3, -0.25) is 0 Å². The molecule has 0 aliphatic heterocycles. The predicted octanol–water partition coefficient (Wildman–Crippen LogP) is 4.58. The van der Waals surface area contributed by atoms with Crippen LogP contribution in [0.4, 0.5) is 0 Å². The van der Waals surface area contributed by atoms with Gasteiger partial charge in [-0.05, 0) is 75.2 Å². The van der Waals surface area contributed by atoms with E-state index in [4.69, 9.17) is 0 Å². The molecule has 1 atom stereocenters. The maximum atomic E-state index is 3.33. The van der Waals surface area contributed by atoms with Gasteiger partial charge in [0.2, 0.25) is 0 Å². The SMILES string of the molecule is CNCCC(c1ccc(C)c(C)c1)C1CCCCC1. The molecule has 106 valence electrons. The van der Waals surface area contributed by atoms with Crippen molar-refractivity contribution < 1.29 is 0 Å². The first-order chi connectivity index (χ1) is 9.22. The number of nitrogens with one attached hydrogen (secondary N) is 1. The molecule has 1 fully saturated rings. The Bertz CT molecular complexity index is 391. The van der Waals surface area contributed by atoms with Crippen LogP contribution in [-0.4, -0.2) is 13.6 Å². The van der Waals surface area contributed by atoms with Gasteiger partial charge < -0.3 is 5.32 Å². The normalized spacial score (nSPS) is 18.5. The van der Waals surface area contributed by atoms with E-state index in [0.717, 1.165) is 18.4 Å². The van der Waals surface area contributed by atoms with E-state index >= 15 is 0 Å². The van der Waals surface area contributed by atoms with Crippen molar-refractivity contribution in [1.82, 2.24) is 5.32 Å². The minimum atomic E-state index is 0.757. The van der Waals surface area contributed by atoms with Crippen molar-refractivity contribution in [2.75, 3.05) is 13.6 Å². The summed E-state index contributed by atoms with van der Waals surface area (Å²) in [5.41, 5.74) is 4.44. The van der Waals surface area contributed by atoms with Gasteiger partial charge in [-0.25, -0.2) is 0 Å². The second-order valence-corrected chi connectivity index (χ2v) is 6.24. The molecule has 0 radical (unpaired) electrons. The van der Waals surface area contributed by atoms with Gasteiger partial charge in [0, 0.05) is 0 Å². The Morgan fingerprint density at radius 1 is 1.11 bits per heavy atom. The lowest BCUT2D eigenvalue weighted by molar-refractivity contribution is 0.293. The third-order valence-electron chi connectivity index (χ3n) is 4.88. The van der Waals surface area contributed by atoms with Crippen LogP contribution in [0.25, 0.3) is 0 Å². The molecule has 19 heavy (non-hydrogen) atoms. The second-order valence-electron chi connectivity index (χ2n) is 6.24. The lowest BCUT2D eigenvalue weighted by Gasteiger charge is -2.31. The highest BCUT2D eigenvalue weighted by Gasteiger charge is 2.24. The van der Waals surface area contributed by atoms with Gasteiger partial charge in [-0.1, -0.05) is 37.5 Å². The number of hydrogen-bond acceptors (Lipinski definition) is 1. The summed E-state index contributed by atoms with van der Waals surface area (Å²) in [4.78, 5) is 0. The van der Waals surface area contributed by atoms with E-state index in [1.54, 1.807) is 5.56 Å². The minimum Gasteiger partial charge on any atom is -0.320 e. The maximum Gasteiger partial charge on any atom is -0.00460 e. The number of rotatable bonds is 5. The van der Waals surface area contributed by atoms with Crippen molar-refractivity contribution in [3.8, 4) is 0 Å². The second kappa shape index (κ2) is 7.09. The summed E-state index contributed by atoms with van der Waals surface area (Å²) in [5, 5.41) is 3.33. The summed E-state index contributed by atoms with van der Waals surface area (Å²) in [6, 6.07) is 7.11. The van der Waals surface area contributed by atoms with Gasteiger partial charge in [0.15, 0.2) is 0 Å². The predicted molar refractivity (Wildman–Crippen MR) is 83.8 cm³/mol. The number of hydrogen-bond donors (Lipinski definition) is 1. The topological polar surface area (TPSA) is 12.0 Å². The van der Waals surface area contributed by atoms with Crippen LogP contribution in [-0.2, 0) is 0 Å². The summed E-state index contributed by atoms with van der Waals surface area (Å²) in [6.45, 7) is 5.59. The Morgan fingerprint density at radius 2 is 1.84 bits per heavy atom. The number of aryl methyl sites for hydroxylation is 2. The zero-order valence-corrected chi connectivity index (χ0v) is 12.8. The summed E-state index contributed by atoms with van der Waals surface area (Å²) in [7, 11) is 2.07. The maximum absolute atomic E-state index is 3.33.